The van der Waals surface area contributed by atoms with Gasteiger partial charge in [-0.15, -0.1) is 0 Å². The van der Waals surface area contributed by atoms with Crippen molar-refractivity contribution >= 4 is 29.0 Å². The molecular weight excluding hydrogens is 554 g/mol. The summed E-state index contributed by atoms with van der Waals surface area (Å²) in [5, 5.41) is 0. The topological polar surface area (TPSA) is 91.6 Å². The molecule has 3 amide bonds. The number of nitrogens with zero attached hydrogens (tertiary/aromatic N) is 4. The predicted octanol–water partition coefficient (Wildman–Crippen LogP) is 4.86. The van der Waals surface area contributed by atoms with Crippen LogP contribution in [-0.4, -0.2) is 79.8 Å². The molecule has 4 aliphatic rings. The molecule has 1 unspecified atom stereocenters. The summed E-state index contributed by atoms with van der Waals surface area (Å²) in [6.45, 7) is 5.61. The van der Waals surface area contributed by atoms with E-state index in [1.54, 1.807) is 12.0 Å². The SMILES string of the molecule is COc1ccc(CN2C(=O)CCN(c3ccc(N4CC(N5CCC6(CC5)CC(c5ccc(N)cc5)CO6)C4)cc3)C2=O)cc1. The van der Waals surface area contributed by atoms with Gasteiger partial charge in [-0.3, -0.25) is 19.5 Å². The van der Waals surface area contributed by atoms with E-state index in [0.29, 0.717) is 24.9 Å². The third kappa shape index (κ3) is 5.62. The van der Waals surface area contributed by atoms with Gasteiger partial charge in [-0.25, -0.2) is 4.79 Å². The van der Waals surface area contributed by atoms with Gasteiger partial charge in [0.1, 0.15) is 5.75 Å². The summed E-state index contributed by atoms with van der Waals surface area (Å²) in [4.78, 5) is 34.1. The molecule has 0 bridgehead atoms. The molecule has 3 aromatic carbocycles. The zero-order valence-electron chi connectivity index (χ0n) is 25.4. The standard InChI is InChI=1S/C35H41N5O4/c1-43-32-12-2-25(3-13-32)21-40-33(41)14-17-39(34(40)42)30-10-8-29(9-11-30)38-22-31(23-38)37-18-15-35(16-19-37)20-27(24-44-35)26-4-6-28(36)7-5-26/h2-13,27,31H,14-24,36H2,1H3. The van der Waals surface area contributed by atoms with Gasteiger partial charge in [-0.2, -0.15) is 0 Å². The molecule has 0 aliphatic carbocycles. The number of hydrogen-bond acceptors (Lipinski definition) is 7. The Hall–Kier alpha value is -4.08. The van der Waals surface area contributed by atoms with E-state index < -0.39 is 0 Å². The van der Waals surface area contributed by atoms with Crippen LogP contribution in [0.1, 0.15) is 42.7 Å². The van der Waals surface area contributed by atoms with Gasteiger partial charge in [0.2, 0.25) is 5.91 Å². The van der Waals surface area contributed by atoms with E-state index in [4.69, 9.17) is 15.2 Å². The molecule has 1 atom stereocenters. The highest BCUT2D eigenvalue weighted by molar-refractivity contribution is 6.05. The van der Waals surface area contributed by atoms with E-state index >= 15 is 0 Å². The van der Waals surface area contributed by atoms with E-state index in [-0.39, 0.29) is 24.1 Å². The number of ether oxygens (including phenoxy) is 2. The van der Waals surface area contributed by atoms with Crippen LogP contribution in [0.25, 0.3) is 0 Å². The molecule has 9 nitrogen and oxygen atoms in total. The highest BCUT2D eigenvalue weighted by Crippen LogP contribution is 2.43. The second-order valence-corrected chi connectivity index (χ2v) is 12.7. The molecule has 230 valence electrons. The van der Waals surface area contributed by atoms with Crippen LogP contribution in [0.5, 0.6) is 5.75 Å². The Kier molecular flexibility index (Phi) is 7.68. The quantitative estimate of drug-likeness (QED) is 0.390. The van der Waals surface area contributed by atoms with Gasteiger partial charge in [0.05, 0.1) is 25.9 Å². The Morgan fingerprint density at radius 1 is 0.886 bits per heavy atom. The molecule has 9 heteroatoms. The van der Waals surface area contributed by atoms with Gasteiger partial charge in [0, 0.05) is 68.2 Å². The van der Waals surface area contributed by atoms with Crippen molar-refractivity contribution < 1.29 is 19.1 Å². The van der Waals surface area contributed by atoms with E-state index in [0.717, 1.165) is 74.7 Å². The Morgan fingerprint density at radius 3 is 2.25 bits per heavy atom. The van der Waals surface area contributed by atoms with Crippen LogP contribution in [0.15, 0.2) is 72.8 Å². The maximum atomic E-state index is 13.3. The first-order valence-electron chi connectivity index (χ1n) is 15.7. The highest BCUT2D eigenvalue weighted by atomic mass is 16.5. The van der Waals surface area contributed by atoms with Crippen LogP contribution >= 0.6 is 0 Å². The van der Waals surface area contributed by atoms with Crippen LogP contribution in [0.2, 0.25) is 0 Å². The zero-order chi connectivity index (χ0) is 30.3. The normalized spacial score (nSPS) is 22.5. The van der Waals surface area contributed by atoms with Crippen molar-refractivity contribution in [3.8, 4) is 5.75 Å². The molecule has 0 aromatic heterocycles. The summed E-state index contributed by atoms with van der Waals surface area (Å²) in [6.07, 6.45) is 3.58. The molecule has 44 heavy (non-hydrogen) atoms. The zero-order valence-corrected chi connectivity index (χ0v) is 25.4. The number of nitrogens with two attached hydrogens (primary N) is 1. The molecule has 7 rings (SSSR count). The van der Waals surface area contributed by atoms with Gasteiger partial charge < -0.3 is 20.1 Å². The van der Waals surface area contributed by atoms with Crippen molar-refractivity contribution in [2.75, 3.05) is 62.0 Å². The second kappa shape index (κ2) is 11.8. The number of carbonyl (C=O) groups is 2. The second-order valence-electron chi connectivity index (χ2n) is 12.7. The number of anilines is 3. The van der Waals surface area contributed by atoms with Crippen LogP contribution < -0.4 is 20.3 Å². The van der Waals surface area contributed by atoms with Gasteiger partial charge in [-0.05, 0) is 78.9 Å². The van der Waals surface area contributed by atoms with Crippen LogP contribution in [0.3, 0.4) is 0 Å². The fourth-order valence-corrected chi connectivity index (χ4v) is 7.21. The van der Waals surface area contributed by atoms with Crippen molar-refractivity contribution in [1.82, 2.24) is 9.80 Å². The molecule has 0 radical (unpaired) electrons. The summed E-state index contributed by atoms with van der Waals surface area (Å²) < 4.78 is 11.7. The smallest absolute Gasteiger partial charge is 0.331 e. The molecule has 3 aromatic rings. The third-order valence-electron chi connectivity index (χ3n) is 10.0. The van der Waals surface area contributed by atoms with E-state index in [9.17, 15) is 9.59 Å². The Labute approximate surface area is 259 Å². The van der Waals surface area contributed by atoms with Crippen molar-refractivity contribution in [3.05, 3.63) is 83.9 Å². The number of urea groups is 1. The molecular formula is C35H41N5O4. The average Bonchev–Trinajstić information content (AvgIpc) is 3.44. The van der Waals surface area contributed by atoms with Crippen molar-refractivity contribution in [2.45, 2.75) is 49.8 Å². The van der Waals surface area contributed by atoms with Gasteiger partial charge in [-0.1, -0.05) is 24.3 Å². The van der Waals surface area contributed by atoms with E-state index in [2.05, 4.69) is 34.1 Å². The maximum absolute atomic E-state index is 13.3. The number of rotatable bonds is 7. The summed E-state index contributed by atoms with van der Waals surface area (Å²) in [6, 6.07) is 24.2. The van der Waals surface area contributed by atoms with Crippen molar-refractivity contribution in [3.63, 3.8) is 0 Å². The van der Waals surface area contributed by atoms with Crippen LogP contribution in [0, 0.1) is 0 Å². The Balaban J connectivity index is 0.904. The number of benzene rings is 3. The number of methoxy groups -OCH3 is 1. The predicted molar refractivity (Wildman–Crippen MR) is 171 cm³/mol. The monoisotopic (exact) mass is 595 g/mol. The van der Waals surface area contributed by atoms with Gasteiger partial charge in [0.15, 0.2) is 0 Å². The first-order valence-corrected chi connectivity index (χ1v) is 15.7. The number of amides is 3. The number of imide groups is 1. The maximum Gasteiger partial charge on any atom is 0.331 e. The minimum absolute atomic E-state index is 0.0164. The number of carbonyl (C=O) groups excluding carboxylic acids is 2. The summed E-state index contributed by atoms with van der Waals surface area (Å²) in [5.74, 6) is 1.06. The number of likely N-dealkylation sites (tertiary alicyclic amines) is 1. The third-order valence-corrected chi connectivity index (χ3v) is 10.0. The largest absolute Gasteiger partial charge is 0.497 e. The first kappa shape index (κ1) is 28.7. The lowest BCUT2D eigenvalue weighted by Crippen LogP contribution is -2.62. The molecule has 4 heterocycles. The summed E-state index contributed by atoms with van der Waals surface area (Å²) in [7, 11) is 1.62. The highest BCUT2D eigenvalue weighted by Gasteiger charge is 2.45. The minimum atomic E-state index is -0.275. The van der Waals surface area contributed by atoms with Gasteiger partial charge in [0.25, 0.3) is 0 Å². The summed E-state index contributed by atoms with van der Waals surface area (Å²) >= 11 is 0. The fraction of sp³-hybridized carbons (Fsp3) is 0.429. The van der Waals surface area contributed by atoms with E-state index in [1.165, 1.54) is 16.2 Å². The van der Waals surface area contributed by atoms with Crippen LogP contribution in [-0.2, 0) is 16.1 Å². The lowest BCUT2D eigenvalue weighted by atomic mass is 9.82. The lowest BCUT2D eigenvalue weighted by molar-refractivity contribution is -0.129. The molecule has 4 fully saturated rings. The Morgan fingerprint density at radius 2 is 1.57 bits per heavy atom. The molecule has 4 saturated heterocycles. The minimum Gasteiger partial charge on any atom is -0.497 e. The first-order chi connectivity index (χ1) is 21.4. The molecule has 1 spiro atoms. The number of nitrogen functional groups attached to an aromatic ring is 1. The van der Waals surface area contributed by atoms with Crippen LogP contribution in [0.4, 0.5) is 21.9 Å². The lowest BCUT2D eigenvalue weighted by Gasteiger charge is -2.50. The van der Waals surface area contributed by atoms with E-state index in [1.807, 2.05) is 48.5 Å². The fourth-order valence-electron chi connectivity index (χ4n) is 7.21. The molecule has 2 N–H and O–H groups in total. The Bertz CT molecular complexity index is 1480. The number of hydrogen-bond donors (Lipinski definition) is 1. The average molecular weight is 596 g/mol. The van der Waals surface area contributed by atoms with Crippen molar-refractivity contribution in [1.29, 1.82) is 0 Å². The number of piperidine rings is 1. The summed E-state index contributed by atoms with van der Waals surface area (Å²) in [5.41, 5.74) is 10.9. The molecule has 0 saturated carbocycles. The van der Waals surface area contributed by atoms with Gasteiger partial charge >= 0.3 is 6.03 Å². The van der Waals surface area contributed by atoms with Crippen molar-refractivity contribution in [2.24, 2.45) is 0 Å². The molecule has 4 aliphatic heterocycles.